The summed E-state index contributed by atoms with van der Waals surface area (Å²) in [5, 5.41) is 9.02. The first-order valence-electron chi connectivity index (χ1n) is 4.51. The number of methoxy groups -OCH3 is 1. The van der Waals surface area contributed by atoms with Crippen molar-refractivity contribution in [3.63, 3.8) is 0 Å². The minimum absolute atomic E-state index is 0. The summed E-state index contributed by atoms with van der Waals surface area (Å²) in [6, 6.07) is 4.45. The molecule has 7 heteroatoms. The molecular weight excluding hydrogens is 259 g/mol. The number of rotatable bonds is 3. The van der Waals surface area contributed by atoms with Crippen molar-refractivity contribution in [2.45, 2.75) is 18.3 Å². The molecule has 0 unspecified atom stereocenters. The summed E-state index contributed by atoms with van der Waals surface area (Å²) in [6.07, 6.45) is -7.36. The molecule has 0 aliphatic heterocycles. The van der Waals surface area contributed by atoms with Crippen molar-refractivity contribution in [1.29, 1.82) is 0 Å². The number of aliphatic hydroxyl groups is 1. The van der Waals surface area contributed by atoms with Crippen LogP contribution in [0.25, 0.3) is 0 Å². The lowest BCUT2D eigenvalue weighted by atomic mass is 10.0. The van der Waals surface area contributed by atoms with Crippen molar-refractivity contribution in [2.24, 2.45) is 5.73 Å². The van der Waals surface area contributed by atoms with Crippen molar-refractivity contribution >= 4 is 12.4 Å². The monoisotopic (exact) mass is 271 g/mol. The molecule has 98 valence electrons. The Morgan fingerprint density at radius 2 is 1.82 bits per heavy atom. The molecule has 1 aromatic rings. The van der Waals surface area contributed by atoms with Gasteiger partial charge in [-0.3, -0.25) is 0 Å². The van der Waals surface area contributed by atoms with Crippen molar-refractivity contribution in [1.82, 2.24) is 0 Å². The maximum absolute atomic E-state index is 12.3. The van der Waals surface area contributed by atoms with Gasteiger partial charge in [0.25, 0.3) is 0 Å². The van der Waals surface area contributed by atoms with Crippen molar-refractivity contribution in [2.75, 3.05) is 7.11 Å². The van der Waals surface area contributed by atoms with Gasteiger partial charge in [0, 0.05) is 5.56 Å². The summed E-state index contributed by atoms with van der Waals surface area (Å²) >= 11 is 0. The fraction of sp³-hybridized carbons (Fsp3) is 0.400. The van der Waals surface area contributed by atoms with E-state index in [2.05, 4.69) is 0 Å². The van der Waals surface area contributed by atoms with Gasteiger partial charge in [0.15, 0.2) is 6.10 Å². The first-order chi connectivity index (χ1) is 7.38. The van der Waals surface area contributed by atoms with E-state index in [0.29, 0.717) is 0 Å². The van der Waals surface area contributed by atoms with E-state index in [-0.39, 0.29) is 23.7 Å². The Balaban J connectivity index is 0.00000256. The number of alkyl halides is 3. The van der Waals surface area contributed by atoms with Crippen LogP contribution in [0.1, 0.15) is 11.6 Å². The number of ether oxygens (including phenoxy) is 1. The number of para-hydroxylation sites is 1. The zero-order valence-electron chi connectivity index (χ0n) is 8.94. The molecule has 3 nitrogen and oxygen atoms in total. The highest BCUT2D eigenvalue weighted by Crippen LogP contribution is 2.32. The molecule has 0 aromatic heterocycles. The van der Waals surface area contributed by atoms with Crippen LogP contribution < -0.4 is 10.5 Å². The van der Waals surface area contributed by atoms with E-state index in [1.165, 1.54) is 25.3 Å². The molecule has 1 rings (SSSR count). The third-order valence-corrected chi connectivity index (χ3v) is 2.17. The third kappa shape index (κ3) is 3.76. The molecule has 0 saturated heterocycles. The topological polar surface area (TPSA) is 55.5 Å². The molecular formula is C10H13ClF3NO2. The molecule has 0 fully saturated rings. The van der Waals surface area contributed by atoms with E-state index >= 15 is 0 Å². The third-order valence-electron chi connectivity index (χ3n) is 2.17. The minimum atomic E-state index is -4.75. The van der Waals surface area contributed by atoms with Gasteiger partial charge in [-0.2, -0.15) is 13.2 Å². The molecule has 2 atom stereocenters. The van der Waals surface area contributed by atoms with Crippen LogP contribution in [0.15, 0.2) is 24.3 Å². The molecule has 0 aliphatic rings. The normalized spacial score (nSPS) is 14.7. The predicted molar refractivity (Wildman–Crippen MR) is 59.2 cm³/mol. The number of nitrogens with two attached hydrogens (primary N) is 1. The van der Waals surface area contributed by atoms with Crippen LogP contribution in [0, 0.1) is 0 Å². The smallest absolute Gasteiger partial charge is 0.416 e. The molecule has 17 heavy (non-hydrogen) atoms. The zero-order valence-corrected chi connectivity index (χ0v) is 9.76. The Labute approximate surface area is 103 Å². The van der Waals surface area contributed by atoms with Gasteiger partial charge < -0.3 is 15.6 Å². The summed E-state index contributed by atoms with van der Waals surface area (Å²) in [5.41, 5.74) is 5.47. The van der Waals surface area contributed by atoms with Crippen LogP contribution >= 0.6 is 12.4 Å². The first kappa shape index (κ1) is 16.0. The maximum atomic E-state index is 12.3. The minimum Gasteiger partial charge on any atom is -0.496 e. The summed E-state index contributed by atoms with van der Waals surface area (Å²) in [5.74, 6) is 0.221. The van der Waals surface area contributed by atoms with E-state index in [0.717, 1.165) is 0 Å². The van der Waals surface area contributed by atoms with Crippen LogP contribution in [0.2, 0.25) is 0 Å². The quantitative estimate of drug-likeness (QED) is 0.885. The van der Waals surface area contributed by atoms with E-state index in [9.17, 15) is 13.2 Å². The highest BCUT2D eigenvalue weighted by Gasteiger charge is 2.43. The van der Waals surface area contributed by atoms with Crippen LogP contribution in [0.3, 0.4) is 0 Å². The van der Waals surface area contributed by atoms with Crippen molar-refractivity contribution in [3.8, 4) is 5.75 Å². The van der Waals surface area contributed by atoms with Gasteiger partial charge in [0.05, 0.1) is 13.2 Å². The van der Waals surface area contributed by atoms with E-state index in [4.69, 9.17) is 15.6 Å². The average molecular weight is 272 g/mol. The lowest BCUT2D eigenvalue weighted by Gasteiger charge is -2.22. The fourth-order valence-electron chi connectivity index (χ4n) is 1.32. The van der Waals surface area contributed by atoms with Crippen LogP contribution in [0.5, 0.6) is 5.75 Å². The van der Waals surface area contributed by atoms with Gasteiger partial charge in [-0.25, -0.2) is 0 Å². The van der Waals surface area contributed by atoms with Crippen LogP contribution in [-0.4, -0.2) is 24.5 Å². The number of benzene rings is 1. The molecule has 0 heterocycles. The van der Waals surface area contributed by atoms with Gasteiger partial charge in [0.1, 0.15) is 5.75 Å². The number of halogens is 4. The Hall–Kier alpha value is -0.980. The van der Waals surface area contributed by atoms with Gasteiger partial charge in [-0.15, -0.1) is 12.4 Å². The van der Waals surface area contributed by atoms with Gasteiger partial charge in [-0.05, 0) is 6.07 Å². The highest BCUT2D eigenvalue weighted by molar-refractivity contribution is 5.85. The van der Waals surface area contributed by atoms with E-state index in [1.807, 2.05) is 0 Å². The molecule has 0 bridgehead atoms. The standard InChI is InChI=1S/C10H12F3NO2.ClH/c1-16-7-5-3-2-4-6(7)8(14)9(15)10(11,12)13;/h2-5,8-9,15H,14H2,1H3;1H/t8-,9-;/m0./s1. The number of hydrogen-bond acceptors (Lipinski definition) is 3. The number of hydrogen-bond donors (Lipinski definition) is 2. The van der Waals surface area contributed by atoms with E-state index in [1.54, 1.807) is 6.07 Å². The predicted octanol–water partition coefficient (Wildman–Crippen LogP) is 2.04. The summed E-state index contributed by atoms with van der Waals surface area (Å²) in [6.45, 7) is 0. The second-order valence-electron chi connectivity index (χ2n) is 3.25. The van der Waals surface area contributed by atoms with Crippen LogP contribution in [-0.2, 0) is 0 Å². The lowest BCUT2D eigenvalue weighted by molar-refractivity contribution is -0.210. The van der Waals surface area contributed by atoms with Gasteiger partial charge in [0.2, 0.25) is 0 Å². The second-order valence-corrected chi connectivity index (χ2v) is 3.25. The largest absolute Gasteiger partial charge is 0.496 e. The van der Waals surface area contributed by atoms with E-state index < -0.39 is 18.3 Å². The SMILES string of the molecule is COc1ccccc1[C@H](N)[C@H](O)C(F)(F)F.Cl. The Morgan fingerprint density at radius 3 is 2.29 bits per heavy atom. The second kappa shape index (κ2) is 6.09. The molecule has 0 saturated carbocycles. The molecule has 0 spiro atoms. The molecule has 1 aromatic carbocycles. The van der Waals surface area contributed by atoms with Gasteiger partial charge >= 0.3 is 6.18 Å². The molecule has 0 radical (unpaired) electrons. The van der Waals surface area contributed by atoms with Crippen molar-refractivity contribution < 1.29 is 23.0 Å². The Morgan fingerprint density at radius 1 is 1.29 bits per heavy atom. The highest BCUT2D eigenvalue weighted by atomic mass is 35.5. The molecule has 0 aliphatic carbocycles. The summed E-state index contributed by atoms with van der Waals surface area (Å²) < 4.78 is 41.6. The first-order valence-corrected chi connectivity index (χ1v) is 4.51. The maximum Gasteiger partial charge on any atom is 0.416 e. The van der Waals surface area contributed by atoms with Crippen LogP contribution in [0.4, 0.5) is 13.2 Å². The fourth-order valence-corrected chi connectivity index (χ4v) is 1.32. The lowest BCUT2D eigenvalue weighted by Crippen LogP contribution is -2.38. The molecule has 3 N–H and O–H groups in total. The Kier molecular flexibility index (Phi) is 5.74. The average Bonchev–Trinajstić information content (AvgIpc) is 2.25. The Bertz CT molecular complexity index is 360. The molecule has 0 amide bonds. The van der Waals surface area contributed by atoms with Crippen molar-refractivity contribution in [3.05, 3.63) is 29.8 Å². The van der Waals surface area contributed by atoms with Gasteiger partial charge in [-0.1, -0.05) is 18.2 Å². The number of aliphatic hydroxyl groups excluding tert-OH is 1. The summed E-state index contributed by atoms with van der Waals surface area (Å²) in [4.78, 5) is 0. The summed E-state index contributed by atoms with van der Waals surface area (Å²) in [7, 11) is 1.32. The zero-order chi connectivity index (χ0) is 12.3.